The van der Waals surface area contributed by atoms with E-state index in [1.165, 1.54) is 24.3 Å². The predicted molar refractivity (Wildman–Crippen MR) is 114 cm³/mol. The van der Waals surface area contributed by atoms with E-state index in [9.17, 15) is 19.5 Å². The number of benzene rings is 2. The average Bonchev–Trinajstić information content (AvgIpc) is 2.69. The second-order valence-corrected chi connectivity index (χ2v) is 9.48. The van der Waals surface area contributed by atoms with Crippen LogP contribution in [0.25, 0.3) is 11.3 Å². The van der Waals surface area contributed by atoms with Gasteiger partial charge in [-0.3, -0.25) is 9.59 Å². The number of allylic oxidation sites excluding steroid dienone is 1. The Kier molecular flexibility index (Phi) is 4.28. The maximum absolute atomic E-state index is 13.0. The highest BCUT2D eigenvalue weighted by Gasteiger charge is 2.41. The molecule has 154 valence electrons. The van der Waals surface area contributed by atoms with E-state index in [1.807, 2.05) is 6.07 Å². The molecule has 2 aromatic carbocycles. The van der Waals surface area contributed by atoms with E-state index in [0.717, 1.165) is 24.0 Å². The van der Waals surface area contributed by atoms with Crippen LogP contribution in [-0.2, 0) is 15.6 Å². The van der Waals surface area contributed by atoms with Crippen LogP contribution in [0, 0.1) is 0 Å². The first-order chi connectivity index (χ1) is 13.9. The lowest BCUT2D eigenvalue weighted by Crippen LogP contribution is -2.35. The molecule has 4 rings (SSSR count). The van der Waals surface area contributed by atoms with E-state index < -0.39 is 17.5 Å². The molecule has 0 atom stereocenters. The molecular formula is C25H24O5. The summed E-state index contributed by atoms with van der Waals surface area (Å²) in [5.74, 6) is -2.76. The molecule has 2 aromatic rings. The van der Waals surface area contributed by atoms with Gasteiger partial charge in [-0.2, -0.15) is 0 Å². The maximum atomic E-state index is 13.0. The molecule has 2 aliphatic rings. The topological polar surface area (TPSA) is 91.7 Å². The van der Waals surface area contributed by atoms with Crippen molar-refractivity contribution in [1.82, 2.24) is 0 Å². The predicted octanol–water partition coefficient (Wildman–Crippen LogP) is 4.93. The van der Waals surface area contributed by atoms with Gasteiger partial charge in [0.1, 0.15) is 5.76 Å². The van der Waals surface area contributed by atoms with Gasteiger partial charge in [0.25, 0.3) is 0 Å². The van der Waals surface area contributed by atoms with Crippen molar-refractivity contribution in [2.24, 2.45) is 0 Å². The van der Waals surface area contributed by atoms with Crippen molar-refractivity contribution in [3.05, 3.63) is 69.8 Å². The van der Waals surface area contributed by atoms with Crippen molar-refractivity contribution in [1.29, 1.82) is 0 Å². The van der Waals surface area contributed by atoms with Crippen LogP contribution in [0.5, 0.6) is 0 Å². The minimum absolute atomic E-state index is 0.0619. The Labute approximate surface area is 175 Å². The van der Waals surface area contributed by atoms with Crippen LogP contribution >= 0.6 is 0 Å². The van der Waals surface area contributed by atoms with E-state index >= 15 is 0 Å². The number of aliphatic hydroxyl groups excluding tert-OH is 1. The Morgan fingerprint density at radius 1 is 0.833 bits per heavy atom. The standard InChI is InChI=1S/C25H24O5/c1-24(2)9-10-25(3,4)18-12-16-15(11-17(18)24)20(26)19(22(28)21(16)27)13-5-7-14(8-6-13)23(29)30/h5-8,11-12,26H,9-10H2,1-4H3,(H,29,30). The van der Waals surface area contributed by atoms with Gasteiger partial charge in [0.15, 0.2) is 0 Å². The van der Waals surface area contributed by atoms with E-state index in [2.05, 4.69) is 27.7 Å². The summed E-state index contributed by atoms with van der Waals surface area (Å²) < 4.78 is 0. The summed E-state index contributed by atoms with van der Waals surface area (Å²) in [4.78, 5) is 37.0. The number of Topliss-reactive ketones (excluding diaryl/α,β-unsaturated/α-hetero) is 2. The Balaban J connectivity index is 1.95. The van der Waals surface area contributed by atoms with Crippen LogP contribution in [0.3, 0.4) is 0 Å². The first kappa shape index (κ1) is 20.1. The highest BCUT2D eigenvalue weighted by Crippen LogP contribution is 2.48. The molecule has 0 spiro atoms. The minimum atomic E-state index is -1.09. The second kappa shape index (κ2) is 6.39. The smallest absolute Gasteiger partial charge is 0.335 e. The van der Waals surface area contributed by atoms with Crippen molar-refractivity contribution in [2.75, 3.05) is 0 Å². The van der Waals surface area contributed by atoms with Gasteiger partial charge in [0, 0.05) is 11.1 Å². The Morgan fingerprint density at radius 2 is 1.33 bits per heavy atom. The van der Waals surface area contributed by atoms with Gasteiger partial charge < -0.3 is 10.2 Å². The molecule has 0 amide bonds. The molecule has 2 aliphatic carbocycles. The zero-order chi connectivity index (χ0) is 22.0. The molecule has 0 saturated heterocycles. The van der Waals surface area contributed by atoms with Crippen LogP contribution in [0.2, 0.25) is 0 Å². The van der Waals surface area contributed by atoms with Crippen molar-refractivity contribution in [3.63, 3.8) is 0 Å². The van der Waals surface area contributed by atoms with Crippen LogP contribution in [-0.4, -0.2) is 27.7 Å². The molecule has 2 N–H and O–H groups in total. The first-order valence-electron chi connectivity index (χ1n) is 9.99. The van der Waals surface area contributed by atoms with Crippen LogP contribution in [0.1, 0.15) is 83.5 Å². The third-order valence-electron chi connectivity index (χ3n) is 6.58. The third-order valence-corrected chi connectivity index (χ3v) is 6.58. The number of carboxylic acids is 1. The highest BCUT2D eigenvalue weighted by molar-refractivity contribution is 6.62. The molecule has 0 radical (unpaired) electrons. The van der Waals surface area contributed by atoms with Gasteiger partial charge >= 0.3 is 5.97 Å². The fourth-order valence-electron chi connectivity index (χ4n) is 4.52. The molecular weight excluding hydrogens is 380 g/mol. The largest absolute Gasteiger partial charge is 0.506 e. The zero-order valence-corrected chi connectivity index (χ0v) is 17.5. The zero-order valence-electron chi connectivity index (χ0n) is 17.5. The van der Waals surface area contributed by atoms with E-state index in [1.54, 1.807) is 6.07 Å². The molecule has 0 unspecified atom stereocenters. The lowest BCUT2D eigenvalue weighted by Gasteiger charge is -2.42. The van der Waals surface area contributed by atoms with Crippen molar-refractivity contribution < 1.29 is 24.6 Å². The Bertz CT molecular complexity index is 1150. The molecule has 0 aromatic heterocycles. The number of hydrogen-bond donors (Lipinski definition) is 2. The fraction of sp³-hybridized carbons (Fsp3) is 0.320. The number of aromatic carboxylic acids is 1. The molecule has 0 saturated carbocycles. The maximum Gasteiger partial charge on any atom is 0.335 e. The molecule has 5 nitrogen and oxygen atoms in total. The second-order valence-electron chi connectivity index (χ2n) is 9.48. The third kappa shape index (κ3) is 2.88. The molecule has 5 heteroatoms. The lowest BCUT2D eigenvalue weighted by molar-refractivity contribution is -0.110. The minimum Gasteiger partial charge on any atom is -0.506 e. The summed E-state index contributed by atoms with van der Waals surface area (Å²) in [5, 5.41) is 20.1. The van der Waals surface area contributed by atoms with E-state index in [0.29, 0.717) is 11.1 Å². The normalized spacial score (nSPS) is 19.3. The number of ketones is 2. The number of rotatable bonds is 2. The number of carbonyl (C=O) groups is 3. The molecule has 0 aliphatic heterocycles. The van der Waals surface area contributed by atoms with Gasteiger partial charge in [0.2, 0.25) is 11.6 Å². The number of hydrogen-bond acceptors (Lipinski definition) is 4. The van der Waals surface area contributed by atoms with Crippen LogP contribution in [0.4, 0.5) is 0 Å². The Hall–Kier alpha value is -3.21. The fourth-order valence-corrected chi connectivity index (χ4v) is 4.52. The average molecular weight is 404 g/mol. The molecule has 0 fully saturated rings. The van der Waals surface area contributed by atoms with Crippen molar-refractivity contribution in [3.8, 4) is 0 Å². The highest BCUT2D eigenvalue weighted by atomic mass is 16.4. The molecule has 0 heterocycles. The number of carboxylic acid groups (broad SMARTS) is 1. The molecule has 30 heavy (non-hydrogen) atoms. The number of carbonyl (C=O) groups excluding carboxylic acids is 2. The van der Waals surface area contributed by atoms with Crippen molar-refractivity contribution >= 4 is 28.9 Å². The van der Waals surface area contributed by atoms with E-state index in [4.69, 9.17) is 5.11 Å². The van der Waals surface area contributed by atoms with Crippen LogP contribution in [0.15, 0.2) is 36.4 Å². The number of fused-ring (bicyclic) bond motifs is 2. The van der Waals surface area contributed by atoms with Gasteiger partial charge in [-0.05, 0) is 64.6 Å². The van der Waals surface area contributed by atoms with Crippen molar-refractivity contribution in [2.45, 2.75) is 51.4 Å². The SMILES string of the molecule is CC1(C)CCC(C)(C)c2cc3c(cc21)C(=O)C(=O)C(c1ccc(C(=O)O)cc1)=C3O. The summed E-state index contributed by atoms with van der Waals surface area (Å²) in [6.45, 7) is 8.56. The molecule has 0 bridgehead atoms. The van der Waals surface area contributed by atoms with Gasteiger partial charge in [-0.15, -0.1) is 0 Å². The summed E-state index contributed by atoms with van der Waals surface area (Å²) in [5.41, 5.74) is 2.76. The summed E-state index contributed by atoms with van der Waals surface area (Å²) in [6.07, 6.45) is 1.95. The number of aliphatic hydroxyl groups is 1. The van der Waals surface area contributed by atoms with Gasteiger partial charge in [0.05, 0.1) is 11.1 Å². The first-order valence-corrected chi connectivity index (χ1v) is 9.99. The lowest BCUT2D eigenvalue weighted by atomic mass is 9.62. The summed E-state index contributed by atoms with van der Waals surface area (Å²) in [6, 6.07) is 9.23. The summed E-state index contributed by atoms with van der Waals surface area (Å²) in [7, 11) is 0. The monoisotopic (exact) mass is 404 g/mol. The Morgan fingerprint density at radius 3 is 1.83 bits per heavy atom. The van der Waals surface area contributed by atoms with Crippen LogP contribution < -0.4 is 0 Å². The quantitative estimate of drug-likeness (QED) is 0.693. The van der Waals surface area contributed by atoms with E-state index in [-0.39, 0.29) is 33.3 Å². The summed E-state index contributed by atoms with van der Waals surface area (Å²) >= 11 is 0. The van der Waals surface area contributed by atoms with Gasteiger partial charge in [-0.25, -0.2) is 4.79 Å². The van der Waals surface area contributed by atoms with Gasteiger partial charge in [-0.1, -0.05) is 39.8 Å².